The molecule has 22 heavy (non-hydrogen) atoms. The van der Waals surface area contributed by atoms with Crippen molar-refractivity contribution in [3.63, 3.8) is 0 Å². The van der Waals surface area contributed by atoms with Gasteiger partial charge < -0.3 is 10.2 Å². The summed E-state index contributed by atoms with van der Waals surface area (Å²) in [4.78, 5) is 47.8. The summed E-state index contributed by atoms with van der Waals surface area (Å²) in [7, 11) is 0. The molecular formula is C16H8O6. The van der Waals surface area contributed by atoms with Crippen LogP contribution in [0.1, 0.15) is 20.7 Å². The second-order valence-electron chi connectivity index (χ2n) is 4.76. The van der Waals surface area contributed by atoms with Crippen LogP contribution in [0.25, 0.3) is 21.5 Å². The van der Waals surface area contributed by atoms with Crippen LogP contribution < -0.4 is 10.9 Å². The van der Waals surface area contributed by atoms with E-state index >= 15 is 0 Å². The minimum absolute atomic E-state index is 0.197. The fourth-order valence-corrected chi connectivity index (χ4v) is 2.49. The van der Waals surface area contributed by atoms with Crippen molar-refractivity contribution in [3.05, 3.63) is 68.0 Å². The molecule has 0 saturated carbocycles. The first kappa shape index (κ1) is 13.7. The number of fused-ring (bicyclic) bond motifs is 2. The number of benzene rings is 2. The second kappa shape index (κ2) is 4.63. The number of carboxylic acid groups (broad SMARTS) is 2. The number of rotatable bonds is 2. The summed E-state index contributed by atoms with van der Waals surface area (Å²) in [5, 5.41) is 18.1. The lowest BCUT2D eigenvalue weighted by atomic mass is 9.97. The Hall–Kier alpha value is -3.28. The predicted octanol–water partition coefficient (Wildman–Crippen LogP) is 1.55. The molecule has 2 bridgehead atoms. The van der Waals surface area contributed by atoms with Crippen molar-refractivity contribution >= 4 is 33.5 Å². The standard InChI is InChI=1S/C16H8O6/c17-13-7-1-2-8(4-3-7)14(18)12-10(16(21)22)6-5-9(11(12)13)15(19)20/h1-6H,(H,19,20)(H,21,22). The monoisotopic (exact) mass is 296 g/mol. The van der Waals surface area contributed by atoms with Gasteiger partial charge in [0.05, 0.1) is 11.1 Å². The highest BCUT2D eigenvalue weighted by Gasteiger charge is 2.20. The van der Waals surface area contributed by atoms with E-state index in [1.807, 2.05) is 0 Å². The fraction of sp³-hybridized carbons (Fsp3) is 0. The summed E-state index contributed by atoms with van der Waals surface area (Å²) in [6, 6.07) is 7.72. The predicted molar refractivity (Wildman–Crippen MR) is 79.1 cm³/mol. The molecule has 0 aliphatic rings. The first-order valence-electron chi connectivity index (χ1n) is 6.25. The number of carboxylic acids is 2. The first-order chi connectivity index (χ1) is 10.4. The van der Waals surface area contributed by atoms with Gasteiger partial charge >= 0.3 is 11.9 Å². The average molecular weight is 296 g/mol. The van der Waals surface area contributed by atoms with E-state index in [0.29, 0.717) is 0 Å². The van der Waals surface area contributed by atoms with E-state index < -0.39 is 22.8 Å². The van der Waals surface area contributed by atoms with Crippen LogP contribution >= 0.6 is 0 Å². The largest absolute Gasteiger partial charge is 0.478 e. The van der Waals surface area contributed by atoms with E-state index in [-0.39, 0.29) is 32.7 Å². The SMILES string of the molecule is O=C(O)c1ccc(C(=O)O)c2c(=O)c3ccc(cc3)c(=O)c12. The van der Waals surface area contributed by atoms with Gasteiger partial charge in [-0.3, -0.25) is 9.59 Å². The normalized spacial score (nSPS) is 10.9. The Morgan fingerprint density at radius 2 is 0.955 bits per heavy atom. The van der Waals surface area contributed by atoms with Crippen molar-refractivity contribution in [1.29, 1.82) is 0 Å². The van der Waals surface area contributed by atoms with Crippen LogP contribution in [0.15, 0.2) is 46.0 Å². The van der Waals surface area contributed by atoms with Gasteiger partial charge in [0.2, 0.25) is 0 Å². The van der Waals surface area contributed by atoms with Gasteiger partial charge in [0.1, 0.15) is 0 Å². The van der Waals surface area contributed by atoms with Gasteiger partial charge in [0.15, 0.2) is 10.9 Å². The highest BCUT2D eigenvalue weighted by Crippen LogP contribution is 2.19. The molecule has 0 atom stereocenters. The van der Waals surface area contributed by atoms with E-state index in [9.17, 15) is 29.4 Å². The van der Waals surface area contributed by atoms with E-state index in [0.717, 1.165) is 12.1 Å². The molecule has 0 spiro atoms. The number of carbonyl (C=O) groups is 2. The molecule has 0 amide bonds. The van der Waals surface area contributed by atoms with E-state index in [1.54, 1.807) is 0 Å². The Bertz CT molecular complexity index is 961. The molecule has 0 saturated heterocycles. The molecule has 4 rings (SSSR count). The highest BCUT2D eigenvalue weighted by molar-refractivity contribution is 6.12. The summed E-state index contributed by atoms with van der Waals surface area (Å²) >= 11 is 0. The maximum Gasteiger partial charge on any atom is 0.336 e. The summed E-state index contributed by atoms with van der Waals surface area (Å²) in [6.45, 7) is 0. The molecule has 6 heteroatoms. The molecule has 0 radical (unpaired) electrons. The van der Waals surface area contributed by atoms with Gasteiger partial charge in [0.25, 0.3) is 0 Å². The van der Waals surface area contributed by atoms with Gasteiger partial charge in [-0.05, 0) is 12.1 Å². The zero-order chi connectivity index (χ0) is 16.0. The zero-order valence-corrected chi connectivity index (χ0v) is 11.0. The minimum atomic E-state index is -1.40. The van der Waals surface area contributed by atoms with Crippen LogP contribution in [-0.2, 0) is 0 Å². The van der Waals surface area contributed by atoms with Gasteiger partial charge in [-0.2, -0.15) is 0 Å². The average Bonchev–Trinajstić information content (AvgIpc) is 2.51. The molecule has 0 unspecified atom stereocenters. The second-order valence-corrected chi connectivity index (χ2v) is 4.76. The quantitative estimate of drug-likeness (QED) is 0.742. The van der Waals surface area contributed by atoms with E-state index in [4.69, 9.17) is 0 Å². The van der Waals surface area contributed by atoms with Crippen molar-refractivity contribution in [1.82, 2.24) is 0 Å². The van der Waals surface area contributed by atoms with Gasteiger partial charge in [-0.25, -0.2) is 9.59 Å². The summed E-state index contributed by atoms with van der Waals surface area (Å²) in [5.74, 6) is -2.80. The third-order valence-electron chi connectivity index (χ3n) is 3.53. The Kier molecular flexibility index (Phi) is 2.88. The smallest absolute Gasteiger partial charge is 0.336 e. The van der Waals surface area contributed by atoms with Crippen LogP contribution in [0.3, 0.4) is 0 Å². The van der Waals surface area contributed by atoms with Gasteiger partial charge in [-0.1, -0.05) is 24.3 Å². The fourth-order valence-electron chi connectivity index (χ4n) is 2.49. The van der Waals surface area contributed by atoms with Crippen LogP contribution in [0.4, 0.5) is 0 Å². The van der Waals surface area contributed by atoms with Gasteiger partial charge in [0, 0.05) is 21.5 Å². The van der Waals surface area contributed by atoms with Crippen LogP contribution in [0.2, 0.25) is 0 Å². The third-order valence-corrected chi connectivity index (χ3v) is 3.53. The van der Waals surface area contributed by atoms with Crippen LogP contribution in [0.5, 0.6) is 0 Å². The lowest BCUT2D eigenvalue weighted by molar-refractivity contribution is 0.0684. The van der Waals surface area contributed by atoms with Crippen LogP contribution in [0, 0.1) is 0 Å². The van der Waals surface area contributed by atoms with Crippen molar-refractivity contribution in [2.45, 2.75) is 0 Å². The minimum Gasteiger partial charge on any atom is -0.478 e. The highest BCUT2D eigenvalue weighted by atomic mass is 16.4. The maximum absolute atomic E-state index is 12.5. The van der Waals surface area contributed by atoms with Crippen molar-refractivity contribution in [2.75, 3.05) is 0 Å². The Morgan fingerprint density at radius 1 is 0.636 bits per heavy atom. The molecule has 0 aliphatic carbocycles. The summed E-state index contributed by atoms with van der Waals surface area (Å²) < 4.78 is 0. The van der Waals surface area contributed by atoms with E-state index in [2.05, 4.69) is 0 Å². The molecule has 4 aromatic rings. The molecule has 2 N–H and O–H groups in total. The first-order valence-corrected chi connectivity index (χ1v) is 6.25. The Balaban J connectivity index is 2.82. The lowest BCUT2D eigenvalue weighted by Gasteiger charge is -2.05. The van der Waals surface area contributed by atoms with Crippen LogP contribution in [-0.4, -0.2) is 22.2 Å². The number of hydrogen-bond donors (Lipinski definition) is 2. The molecule has 6 nitrogen and oxygen atoms in total. The number of hydrogen-bond acceptors (Lipinski definition) is 4. The number of aromatic carboxylic acids is 2. The van der Waals surface area contributed by atoms with E-state index in [1.165, 1.54) is 24.3 Å². The lowest BCUT2D eigenvalue weighted by Crippen LogP contribution is -2.16. The van der Waals surface area contributed by atoms with Gasteiger partial charge in [-0.15, -0.1) is 0 Å². The third kappa shape index (κ3) is 1.81. The molecule has 0 aromatic heterocycles. The zero-order valence-electron chi connectivity index (χ0n) is 11.0. The Labute approximate surface area is 122 Å². The van der Waals surface area contributed by atoms with Crippen molar-refractivity contribution in [2.24, 2.45) is 0 Å². The molecule has 108 valence electrons. The Morgan fingerprint density at radius 3 is 1.23 bits per heavy atom. The summed E-state index contributed by atoms with van der Waals surface area (Å²) in [6.07, 6.45) is 0. The maximum atomic E-state index is 12.5. The molecule has 0 fully saturated rings. The molecule has 0 aliphatic heterocycles. The molecule has 0 heterocycles. The van der Waals surface area contributed by atoms with Crippen molar-refractivity contribution in [3.8, 4) is 0 Å². The molecular weight excluding hydrogens is 288 g/mol. The topological polar surface area (TPSA) is 109 Å². The van der Waals surface area contributed by atoms with Crippen molar-refractivity contribution < 1.29 is 19.8 Å². The summed E-state index contributed by atoms with van der Waals surface area (Å²) in [5.41, 5.74) is -2.15. The molecule has 4 aromatic carbocycles.